The van der Waals surface area contributed by atoms with Crippen LogP contribution in [0, 0.1) is 15.9 Å². The first kappa shape index (κ1) is 11.4. The normalized spacial score (nSPS) is 12.9. The maximum atomic E-state index is 13.0. The van der Waals surface area contributed by atoms with Gasteiger partial charge in [-0.1, -0.05) is 0 Å². The van der Waals surface area contributed by atoms with Crippen molar-refractivity contribution in [3.63, 3.8) is 0 Å². The lowest BCUT2D eigenvalue weighted by Gasteiger charge is -2.09. The van der Waals surface area contributed by atoms with Crippen LogP contribution in [0.5, 0.6) is 0 Å². The molecule has 1 atom stereocenters. The third kappa shape index (κ3) is 2.44. The Morgan fingerprint density at radius 3 is 2.40 bits per heavy atom. The molecule has 4 nitrogen and oxygen atoms in total. The van der Waals surface area contributed by atoms with E-state index in [4.69, 9.17) is 5.11 Å². The Bertz CT molecular complexity index is 383. The topological polar surface area (TPSA) is 63.4 Å². The molecule has 0 radical (unpaired) electrons. The molecule has 0 spiro atoms. The van der Waals surface area contributed by atoms with E-state index in [0.29, 0.717) is 6.07 Å². The van der Waals surface area contributed by atoms with Gasteiger partial charge in [-0.3, -0.25) is 10.1 Å². The van der Waals surface area contributed by atoms with Crippen molar-refractivity contribution in [3.8, 4) is 0 Å². The highest BCUT2D eigenvalue weighted by Gasteiger charge is 2.23. The number of nitro benzene ring substituents is 1. The molecular formula is C8H6F3NO3. The van der Waals surface area contributed by atoms with Gasteiger partial charge in [-0.2, -0.15) is 0 Å². The van der Waals surface area contributed by atoms with Gasteiger partial charge in [0.05, 0.1) is 11.0 Å². The zero-order valence-electron chi connectivity index (χ0n) is 7.23. The van der Waals surface area contributed by atoms with E-state index < -0.39 is 34.5 Å². The quantitative estimate of drug-likeness (QED) is 0.627. The minimum absolute atomic E-state index is 0.487. The molecule has 0 saturated heterocycles. The van der Waals surface area contributed by atoms with Crippen LogP contribution in [0.1, 0.15) is 11.7 Å². The van der Waals surface area contributed by atoms with Gasteiger partial charge in [-0.15, -0.1) is 0 Å². The van der Waals surface area contributed by atoms with E-state index in [1.807, 2.05) is 0 Å². The van der Waals surface area contributed by atoms with Gasteiger partial charge in [0.15, 0.2) is 0 Å². The van der Waals surface area contributed by atoms with Gasteiger partial charge in [0.25, 0.3) is 12.1 Å². The molecule has 0 amide bonds. The summed E-state index contributed by atoms with van der Waals surface area (Å²) in [4.78, 5) is 9.34. The molecule has 7 heteroatoms. The van der Waals surface area contributed by atoms with Gasteiger partial charge in [-0.05, 0) is 6.07 Å². The third-order valence-electron chi connectivity index (χ3n) is 1.75. The number of alkyl halides is 2. The highest BCUT2D eigenvalue weighted by molar-refractivity contribution is 5.35. The minimum Gasteiger partial charge on any atom is -0.382 e. The summed E-state index contributed by atoms with van der Waals surface area (Å²) in [6, 6.07) is 2.11. The molecule has 1 aromatic rings. The SMILES string of the molecule is O=[N+]([O-])c1ccc(C(O)C(F)F)c(F)c1. The van der Waals surface area contributed by atoms with Gasteiger partial charge >= 0.3 is 0 Å². The van der Waals surface area contributed by atoms with Gasteiger partial charge in [0.1, 0.15) is 11.9 Å². The molecule has 0 aliphatic heterocycles. The largest absolute Gasteiger partial charge is 0.382 e. The standard InChI is InChI=1S/C8H6F3NO3/c9-6-3-4(12(14)15)1-2-5(6)7(13)8(10)11/h1-3,7-8,13H. The molecule has 1 rings (SSSR count). The van der Waals surface area contributed by atoms with Crippen LogP contribution >= 0.6 is 0 Å². The Hall–Kier alpha value is -1.63. The molecular weight excluding hydrogens is 215 g/mol. The lowest BCUT2D eigenvalue weighted by molar-refractivity contribution is -0.385. The smallest absolute Gasteiger partial charge is 0.272 e. The predicted molar refractivity (Wildman–Crippen MR) is 44.0 cm³/mol. The number of aliphatic hydroxyl groups is 1. The van der Waals surface area contributed by atoms with Gasteiger partial charge in [0.2, 0.25) is 0 Å². The average Bonchev–Trinajstić information content (AvgIpc) is 2.16. The summed E-state index contributed by atoms with van der Waals surface area (Å²) in [6.07, 6.45) is -5.41. The summed E-state index contributed by atoms with van der Waals surface area (Å²) in [5.74, 6) is -1.22. The van der Waals surface area contributed by atoms with Crippen molar-refractivity contribution in [2.75, 3.05) is 0 Å². The third-order valence-corrected chi connectivity index (χ3v) is 1.75. The Morgan fingerprint density at radius 2 is 2.00 bits per heavy atom. The van der Waals surface area contributed by atoms with E-state index in [1.54, 1.807) is 0 Å². The number of non-ortho nitro benzene ring substituents is 1. The Morgan fingerprint density at radius 1 is 1.40 bits per heavy atom. The van der Waals surface area contributed by atoms with E-state index in [9.17, 15) is 23.3 Å². The van der Waals surface area contributed by atoms with Crippen molar-refractivity contribution in [1.29, 1.82) is 0 Å². The Balaban J connectivity index is 3.08. The zero-order chi connectivity index (χ0) is 11.6. The fourth-order valence-corrected chi connectivity index (χ4v) is 1.01. The van der Waals surface area contributed by atoms with Crippen molar-refractivity contribution in [2.45, 2.75) is 12.5 Å². The van der Waals surface area contributed by atoms with E-state index in [-0.39, 0.29) is 0 Å². The second-order valence-corrected chi connectivity index (χ2v) is 2.74. The first-order valence-corrected chi connectivity index (χ1v) is 3.83. The molecule has 1 N–H and O–H groups in total. The summed E-state index contributed by atoms with van der Waals surface area (Å²) >= 11 is 0. The molecule has 0 bridgehead atoms. The summed E-state index contributed by atoms with van der Waals surface area (Å²) in [7, 11) is 0. The molecule has 15 heavy (non-hydrogen) atoms. The zero-order valence-corrected chi connectivity index (χ0v) is 7.23. The van der Waals surface area contributed by atoms with Crippen molar-refractivity contribution < 1.29 is 23.2 Å². The van der Waals surface area contributed by atoms with E-state index in [1.165, 1.54) is 0 Å². The van der Waals surface area contributed by atoms with Gasteiger partial charge in [-0.25, -0.2) is 13.2 Å². The highest BCUT2D eigenvalue weighted by atomic mass is 19.3. The molecule has 1 unspecified atom stereocenters. The van der Waals surface area contributed by atoms with Crippen molar-refractivity contribution in [1.82, 2.24) is 0 Å². The highest BCUT2D eigenvalue weighted by Crippen LogP contribution is 2.25. The van der Waals surface area contributed by atoms with Gasteiger partial charge in [0, 0.05) is 11.6 Å². The Labute approximate surface area is 82.1 Å². The number of hydrogen-bond acceptors (Lipinski definition) is 3. The van der Waals surface area contributed by atoms with Crippen LogP contribution in [0.3, 0.4) is 0 Å². The average molecular weight is 221 g/mol. The first-order chi connectivity index (χ1) is 6.93. The van der Waals surface area contributed by atoms with Crippen LogP contribution < -0.4 is 0 Å². The molecule has 0 fully saturated rings. The number of benzene rings is 1. The van der Waals surface area contributed by atoms with E-state index >= 15 is 0 Å². The summed E-state index contributed by atoms with van der Waals surface area (Å²) in [6.45, 7) is 0. The minimum atomic E-state index is -3.14. The molecule has 0 aliphatic rings. The number of nitro groups is 1. The van der Waals surface area contributed by atoms with Crippen molar-refractivity contribution >= 4 is 5.69 Å². The van der Waals surface area contributed by atoms with Crippen LogP contribution in [0.25, 0.3) is 0 Å². The molecule has 82 valence electrons. The molecule has 0 aliphatic carbocycles. The maximum Gasteiger partial charge on any atom is 0.272 e. The van der Waals surface area contributed by atoms with E-state index in [0.717, 1.165) is 12.1 Å². The van der Waals surface area contributed by atoms with Crippen LogP contribution in [0.15, 0.2) is 18.2 Å². The molecule has 1 aromatic carbocycles. The second kappa shape index (κ2) is 4.26. The Kier molecular flexibility index (Phi) is 3.25. The summed E-state index contributed by atoms with van der Waals surface area (Å²) in [5, 5.41) is 19.0. The molecule has 0 saturated carbocycles. The lowest BCUT2D eigenvalue weighted by atomic mass is 10.1. The summed E-state index contributed by atoms with van der Waals surface area (Å²) in [5.41, 5.74) is -1.21. The molecule has 0 heterocycles. The second-order valence-electron chi connectivity index (χ2n) is 2.74. The first-order valence-electron chi connectivity index (χ1n) is 3.83. The number of hydrogen-bond donors (Lipinski definition) is 1. The maximum absolute atomic E-state index is 13.0. The number of halogens is 3. The predicted octanol–water partition coefficient (Wildman–Crippen LogP) is 2.03. The van der Waals surface area contributed by atoms with Crippen molar-refractivity contribution in [3.05, 3.63) is 39.7 Å². The fourth-order valence-electron chi connectivity index (χ4n) is 1.01. The van der Waals surface area contributed by atoms with Crippen LogP contribution in [-0.2, 0) is 0 Å². The van der Waals surface area contributed by atoms with E-state index in [2.05, 4.69) is 0 Å². The van der Waals surface area contributed by atoms with Crippen LogP contribution in [0.2, 0.25) is 0 Å². The van der Waals surface area contributed by atoms with Crippen LogP contribution in [0.4, 0.5) is 18.9 Å². The van der Waals surface area contributed by atoms with Crippen LogP contribution in [-0.4, -0.2) is 16.5 Å². The van der Waals surface area contributed by atoms with Crippen molar-refractivity contribution in [2.24, 2.45) is 0 Å². The van der Waals surface area contributed by atoms with Gasteiger partial charge < -0.3 is 5.11 Å². The lowest BCUT2D eigenvalue weighted by Crippen LogP contribution is -2.10. The summed E-state index contributed by atoms with van der Waals surface area (Å²) < 4.78 is 37.0. The monoisotopic (exact) mass is 221 g/mol. The molecule has 0 aromatic heterocycles. The number of aliphatic hydroxyl groups excluding tert-OH is 1. The number of rotatable bonds is 3. The number of nitrogens with zero attached hydrogens (tertiary/aromatic N) is 1. The fraction of sp³-hybridized carbons (Fsp3) is 0.250.